The summed E-state index contributed by atoms with van der Waals surface area (Å²) in [7, 11) is -3.48. The first-order valence-electron chi connectivity index (χ1n) is 12.1. The van der Waals surface area contributed by atoms with Crippen molar-refractivity contribution in [3.8, 4) is 11.8 Å². The summed E-state index contributed by atoms with van der Waals surface area (Å²) in [5.74, 6) is 0.740. The number of aromatic nitrogens is 5. The molecule has 0 saturated carbocycles. The second kappa shape index (κ2) is 8.30. The van der Waals surface area contributed by atoms with Gasteiger partial charge in [-0.15, -0.1) is 0 Å². The Morgan fingerprint density at radius 3 is 2.84 bits per heavy atom. The number of aliphatic hydroxyl groups excluding tert-OH is 1. The van der Waals surface area contributed by atoms with Gasteiger partial charge in [-0.25, -0.2) is 13.4 Å². The average Bonchev–Trinajstić information content (AvgIpc) is 3.55. The fraction of sp³-hybridized carbons (Fsp3) is 0.296. The summed E-state index contributed by atoms with van der Waals surface area (Å²) in [5, 5.41) is 26.7. The number of hydrogen-bond acceptors (Lipinski definition) is 6. The van der Waals surface area contributed by atoms with Gasteiger partial charge in [0.25, 0.3) is 0 Å². The Morgan fingerprint density at radius 1 is 1.27 bits per heavy atom. The van der Waals surface area contributed by atoms with E-state index in [1.54, 1.807) is 16.8 Å². The minimum atomic E-state index is -3.48. The third kappa shape index (κ3) is 3.74. The smallest absolute Gasteiger partial charge is 0.175 e. The van der Waals surface area contributed by atoms with Crippen LogP contribution in [0.15, 0.2) is 41.6 Å². The lowest BCUT2D eigenvalue weighted by Gasteiger charge is -2.19. The quantitative estimate of drug-likeness (QED) is 0.378. The second-order valence-electron chi connectivity index (χ2n) is 9.83. The SMILES string of the molecule is Cc1cc(S(C)(=O)=O)c(Cn2cc3ccc(C#N)c(-n4c(C)nc5c4CCC(O)C5)c3n2)c2cc[nH]c12. The van der Waals surface area contributed by atoms with E-state index in [1.807, 2.05) is 42.9 Å². The summed E-state index contributed by atoms with van der Waals surface area (Å²) < 4.78 is 29.2. The first kappa shape index (κ1) is 23.5. The van der Waals surface area contributed by atoms with E-state index in [1.165, 1.54) is 6.26 Å². The van der Waals surface area contributed by atoms with Crippen LogP contribution in [-0.2, 0) is 29.2 Å². The monoisotopic (exact) mass is 514 g/mol. The van der Waals surface area contributed by atoms with Crippen molar-refractivity contribution in [2.45, 2.75) is 50.7 Å². The number of aliphatic hydroxyl groups is 1. The van der Waals surface area contributed by atoms with Crippen LogP contribution in [0.1, 0.15) is 40.3 Å². The van der Waals surface area contributed by atoms with Crippen LogP contribution in [0, 0.1) is 25.2 Å². The van der Waals surface area contributed by atoms with Gasteiger partial charge in [0.15, 0.2) is 9.84 Å². The maximum atomic E-state index is 12.7. The van der Waals surface area contributed by atoms with E-state index in [2.05, 4.69) is 11.1 Å². The highest BCUT2D eigenvalue weighted by atomic mass is 32.2. The van der Waals surface area contributed by atoms with Crippen molar-refractivity contribution in [3.05, 3.63) is 70.6 Å². The van der Waals surface area contributed by atoms with E-state index in [9.17, 15) is 18.8 Å². The third-order valence-electron chi connectivity index (χ3n) is 7.24. The van der Waals surface area contributed by atoms with E-state index in [0.29, 0.717) is 41.6 Å². The lowest BCUT2D eigenvalue weighted by molar-refractivity contribution is 0.156. The van der Waals surface area contributed by atoms with Crippen LogP contribution >= 0.6 is 0 Å². The molecule has 3 heterocycles. The summed E-state index contributed by atoms with van der Waals surface area (Å²) in [6.45, 7) is 4.04. The molecule has 5 aromatic rings. The van der Waals surface area contributed by atoms with Crippen molar-refractivity contribution in [2.75, 3.05) is 6.26 Å². The van der Waals surface area contributed by atoms with Gasteiger partial charge in [0.2, 0.25) is 0 Å². The highest BCUT2D eigenvalue weighted by Gasteiger charge is 2.27. The van der Waals surface area contributed by atoms with Crippen molar-refractivity contribution < 1.29 is 13.5 Å². The molecule has 0 radical (unpaired) electrons. The number of benzene rings is 2. The summed E-state index contributed by atoms with van der Waals surface area (Å²) in [6, 6.07) is 9.55. The van der Waals surface area contributed by atoms with Gasteiger partial charge >= 0.3 is 0 Å². The van der Waals surface area contributed by atoms with E-state index >= 15 is 0 Å². The molecule has 6 rings (SSSR count). The number of fused-ring (bicyclic) bond motifs is 3. The van der Waals surface area contributed by atoms with Crippen molar-refractivity contribution >= 4 is 31.6 Å². The number of rotatable bonds is 4. The van der Waals surface area contributed by atoms with Crippen LogP contribution in [0.25, 0.3) is 27.5 Å². The Balaban J connectivity index is 1.55. The maximum absolute atomic E-state index is 12.7. The molecule has 188 valence electrons. The molecule has 2 N–H and O–H groups in total. The maximum Gasteiger partial charge on any atom is 0.175 e. The van der Waals surface area contributed by atoms with Crippen molar-refractivity contribution in [2.24, 2.45) is 0 Å². The molecule has 0 spiro atoms. The Bertz CT molecular complexity index is 1870. The number of sulfone groups is 1. The first-order chi connectivity index (χ1) is 17.7. The first-order valence-corrected chi connectivity index (χ1v) is 14.0. The number of aryl methyl sites for hydroxylation is 2. The zero-order valence-corrected chi connectivity index (χ0v) is 21.6. The Morgan fingerprint density at radius 2 is 2.08 bits per heavy atom. The van der Waals surface area contributed by atoms with Crippen LogP contribution < -0.4 is 0 Å². The van der Waals surface area contributed by atoms with Crippen LogP contribution in [0.3, 0.4) is 0 Å². The highest BCUT2D eigenvalue weighted by Crippen LogP contribution is 2.33. The predicted octanol–water partition coefficient (Wildman–Crippen LogP) is 3.49. The van der Waals surface area contributed by atoms with E-state index < -0.39 is 15.9 Å². The predicted molar refractivity (Wildman–Crippen MR) is 140 cm³/mol. The number of nitrogens with zero attached hydrogens (tertiary/aromatic N) is 5. The Labute approximate surface area is 213 Å². The average molecular weight is 515 g/mol. The number of nitrogens with one attached hydrogen (secondary N) is 1. The van der Waals surface area contributed by atoms with Gasteiger partial charge in [-0.3, -0.25) is 9.25 Å². The Kier molecular flexibility index (Phi) is 5.26. The number of nitriles is 1. The standard InChI is InChI=1S/C27H26N6O3S/c1-15-10-24(37(3,35)36)21(20-8-9-29-25(15)20)14-32-13-18-5-4-17(12-28)27(26(18)31-32)33-16(2)30-22-11-19(34)6-7-23(22)33/h4-5,8-10,13,19,29,34H,6-7,11,14H2,1-3H3. The molecule has 2 aromatic carbocycles. The van der Waals surface area contributed by atoms with Crippen LogP contribution in [-0.4, -0.2) is 50.2 Å². The lowest BCUT2D eigenvalue weighted by atomic mass is 9.98. The van der Waals surface area contributed by atoms with Gasteiger partial charge in [0, 0.05) is 52.6 Å². The minimum Gasteiger partial charge on any atom is -0.393 e. The van der Waals surface area contributed by atoms with E-state index in [0.717, 1.165) is 39.1 Å². The summed E-state index contributed by atoms with van der Waals surface area (Å²) >= 11 is 0. The number of hydrogen-bond donors (Lipinski definition) is 2. The largest absolute Gasteiger partial charge is 0.393 e. The molecule has 0 fully saturated rings. The van der Waals surface area contributed by atoms with Gasteiger partial charge in [0.1, 0.15) is 17.4 Å². The van der Waals surface area contributed by atoms with E-state index in [4.69, 9.17) is 10.1 Å². The van der Waals surface area contributed by atoms with Gasteiger partial charge in [-0.05, 0) is 56.5 Å². The molecule has 0 amide bonds. The molecule has 1 atom stereocenters. The molecule has 0 saturated heterocycles. The van der Waals surface area contributed by atoms with Gasteiger partial charge in [-0.1, -0.05) is 0 Å². The molecule has 1 aliphatic rings. The summed E-state index contributed by atoms with van der Waals surface area (Å²) in [5.41, 5.74) is 6.07. The topological polar surface area (TPSA) is 130 Å². The van der Waals surface area contributed by atoms with Gasteiger partial charge in [-0.2, -0.15) is 10.4 Å². The zero-order chi connectivity index (χ0) is 26.1. The molecule has 3 aromatic heterocycles. The van der Waals surface area contributed by atoms with Crippen molar-refractivity contribution in [3.63, 3.8) is 0 Å². The molecule has 1 unspecified atom stereocenters. The van der Waals surface area contributed by atoms with Crippen molar-refractivity contribution in [1.82, 2.24) is 24.3 Å². The van der Waals surface area contributed by atoms with Crippen LogP contribution in [0.2, 0.25) is 0 Å². The number of imidazole rings is 1. The molecule has 9 nitrogen and oxygen atoms in total. The van der Waals surface area contributed by atoms with Gasteiger partial charge < -0.3 is 10.1 Å². The van der Waals surface area contributed by atoms with Gasteiger partial charge in [0.05, 0.1) is 34.5 Å². The number of H-pyrrole nitrogens is 1. The molecule has 1 aliphatic carbocycles. The third-order valence-corrected chi connectivity index (χ3v) is 8.40. The second-order valence-corrected chi connectivity index (χ2v) is 11.8. The Hall–Kier alpha value is -3.94. The fourth-order valence-corrected chi connectivity index (χ4v) is 6.60. The molecule has 0 bridgehead atoms. The molecular weight excluding hydrogens is 488 g/mol. The number of aromatic amines is 1. The molecule has 0 aliphatic heterocycles. The molecule has 37 heavy (non-hydrogen) atoms. The lowest BCUT2D eigenvalue weighted by Crippen LogP contribution is -2.20. The normalized spacial score (nSPS) is 15.8. The zero-order valence-electron chi connectivity index (χ0n) is 20.8. The summed E-state index contributed by atoms with van der Waals surface area (Å²) in [6.07, 6.45) is 6.29. The van der Waals surface area contributed by atoms with E-state index in [-0.39, 0.29) is 11.4 Å². The van der Waals surface area contributed by atoms with Crippen LogP contribution in [0.5, 0.6) is 0 Å². The van der Waals surface area contributed by atoms with Crippen LogP contribution in [0.4, 0.5) is 0 Å². The molecular formula is C27H26N6O3S. The molecule has 10 heteroatoms. The minimum absolute atomic E-state index is 0.250. The fourth-order valence-electron chi connectivity index (χ4n) is 5.59. The van der Waals surface area contributed by atoms with Crippen molar-refractivity contribution in [1.29, 1.82) is 5.26 Å². The summed E-state index contributed by atoms with van der Waals surface area (Å²) in [4.78, 5) is 8.20. The highest BCUT2D eigenvalue weighted by molar-refractivity contribution is 7.90.